The monoisotopic (exact) mass is 418 g/mol. The minimum Gasteiger partial charge on any atom is -0.492 e. The third kappa shape index (κ3) is 5.43. The number of amides is 1. The first-order valence-corrected chi connectivity index (χ1v) is 10.4. The van der Waals surface area contributed by atoms with E-state index in [1.165, 1.54) is 29.2 Å². The Kier molecular flexibility index (Phi) is 6.83. The van der Waals surface area contributed by atoms with E-state index in [9.17, 15) is 9.18 Å². The number of nitrogens with zero attached hydrogens (tertiary/aromatic N) is 2. The van der Waals surface area contributed by atoms with Gasteiger partial charge in [-0.05, 0) is 43.7 Å². The number of anilines is 3. The van der Waals surface area contributed by atoms with Gasteiger partial charge in [0.05, 0.1) is 18.0 Å². The van der Waals surface area contributed by atoms with E-state index in [0.717, 1.165) is 11.4 Å². The second-order valence-corrected chi connectivity index (χ2v) is 7.93. The van der Waals surface area contributed by atoms with Gasteiger partial charge < -0.3 is 15.4 Å². The molecule has 146 valence electrons. The van der Waals surface area contributed by atoms with Gasteiger partial charge in [-0.15, -0.1) is 10.2 Å². The molecule has 28 heavy (non-hydrogen) atoms. The highest BCUT2D eigenvalue weighted by Gasteiger charge is 2.11. The first-order valence-electron chi connectivity index (χ1n) is 8.56. The fraction of sp³-hybridized carbons (Fsp3) is 0.211. The van der Waals surface area contributed by atoms with Crippen LogP contribution in [0.15, 0.2) is 46.8 Å². The molecule has 2 N–H and O–H groups in total. The predicted octanol–water partition coefficient (Wildman–Crippen LogP) is 4.86. The number of ether oxygens (including phenoxy) is 1. The number of para-hydroxylation sites is 2. The lowest BCUT2D eigenvalue weighted by Crippen LogP contribution is -2.14. The van der Waals surface area contributed by atoms with Crippen molar-refractivity contribution < 1.29 is 13.9 Å². The third-order valence-electron chi connectivity index (χ3n) is 3.62. The molecule has 0 fully saturated rings. The molecule has 0 unspecified atom stereocenters. The average molecular weight is 419 g/mol. The number of carbonyl (C=O) groups is 1. The Labute approximate surface area is 170 Å². The Morgan fingerprint density at radius 1 is 1.25 bits per heavy atom. The molecule has 0 radical (unpaired) electrons. The summed E-state index contributed by atoms with van der Waals surface area (Å²) in [4.78, 5) is 12.1. The largest absolute Gasteiger partial charge is 0.492 e. The van der Waals surface area contributed by atoms with Gasteiger partial charge in [0.15, 0.2) is 4.34 Å². The molecule has 1 heterocycles. The minimum absolute atomic E-state index is 0.152. The number of halogens is 1. The second kappa shape index (κ2) is 9.52. The van der Waals surface area contributed by atoms with Crippen molar-refractivity contribution in [3.05, 3.63) is 53.8 Å². The number of rotatable bonds is 8. The first-order chi connectivity index (χ1) is 13.5. The number of hydrogen-bond acceptors (Lipinski definition) is 7. The van der Waals surface area contributed by atoms with Crippen molar-refractivity contribution >= 4 is 45.5 Å². The van der Waals surface area contributed by atoms with Crippen LogP contribution >= 0.6 is 23.1 Å². The van der Waals surface area contributed by atoms with Crippen LogP contribution in [0.4, 0.5) is 20.9 Å². The van der Waals surface area contributed by atoms with Crippen molar-refractivity contribution in [2.45, 2.75) is 18.2 Å². The number of hydrogen-bond donors (Lipinski definition) is 2. The highest BCUT2D eigenvalue weighted by Crippen LogP contribution is 2.31. The van der Waals surface area contributed by atoms with E-state index in [4.69, 9.17) is 4.74 Å². The maximum atomic E-state index is 13.5. The van der Waals surface area contributed by atoms with Crippen LogP contribution < -0.4 is 15.4 Å². The van der Waals surface area contributed by atoms with Crippen molar-refractivity contribution in [2.75, 3.05) is 23.0 Å². The van der Waals surface area contributed by atoms with Crippen molar-refractivity contribution in [3.63, 3.8) is 0 Å². The SMILES string of the molecule is CCOc1ccccc1Nc1nnc(SCC(=O)Nc2ccc(C)c(F)c2)s1. The van der Waals surface area contributed by atoms with Crippen LogP contribution in [-0.4, -0.2) is 28.5 Å². The summed E-state index contributed by atoms with van der Waals surface area (Å²) in [5, 5.41) is 14.6. The zero-order chi connectivity index (χ0) is 19.9. The molecule has 9 heteroatoms. The minimum atomic E-state index is -0.349. The number of thioether (sulfide) groups is 1. The van der Waals surface area contributed by atoms with E-state index in [-0.39, 0.29) is 17.5 Å². The Hall–Kier alpha value is -2.65. The predicted molar refractivity (Wildman–Crippen MR) is 111 cm³/mol. The summed E-state index contributed by atoms with van der Waals surface area (Å²) < 4.78 is 19.8. The average Bonchev–Trinajstić information content (AvgIpc) is 3.12. The molecule has 0 aliphatic heterocycles. The molecular formula is C19H19FN4O2S2. The number of benzene rings is 2. The quantitative estimate of drug-likeness (QED) is 0.509. The first kappa shape index (κ1) is 20.1. The molecule has 0 bridgehead atoms. The van der Waals surface area contributed by atoms with Crippen molar-refractivity contribution in [1.29, 1.82) is 0 Å². The Morgan fingerprint density at radius 2 is 2.07 bits per heavy atom. The van der Waals surface area contributed by atoms with Crippen LogP contribution in [0.25, 0.3) is 0 Å². The molecule has 0 saturated heterocycles. The molecular weight excluding hydrogens is 399 g/mol. The lowest BCUT2D eigenvalue weighted by atomic mass is 10.2. The summed E-state index contributed by atoms with van der Waals surface area (Å²) in [5.74, 6) is 0.302. The molecule has 3 aromatic rings. The molecule has 6 nitrogen and oxygen atoms in total. The van der Waals surface area contributed by atoms with Gasteiger partial charge in [0.25, 0.3) is 0 Å². The third-order valence-corrected chi connectivity index (χ3v) is 5.59. The van der Waals surface area contributed by atoms with Gasteiger partial charge in [0, 0.05) is 5.69 Å². The van der Waals surface area contributed by atoms with Crippen molar-refractivity contribution in [2.24, 2.45) is 0 Å². The summed E-state index contributed by atoms with van der Waals surface area (Å²) in [6.45, 7) is 4.16. The van der Waals surface area contributed by atoms with Gasteiger partial charge in [0.1, 0.15) is 11.6 Å². The van der Waals surface area contributed by atoms with E-state index in [1.807, 2.05) is 31.2 Å². The number of carbonyl (C=O) groups excluding carboxylic acids is 1. The Morgan fingerprint density at radius 3 is 2.86 bits per heavy atom. The van der Waals surface area contributed by atoms with Crippen molar-refractivity contribution in [3.8, 4) is 5.75 Å². The molecule has 1 aromatic heterocycles. The van der Waals surface area contributed by atoms with E-state index in [0.29, 0.717) is 27.3 Å². The smallest absolute Gasteiger partial charge is 0.234 e. The van der Waals surface area contributed by atoms with Gasteiger partial charge in [-0.3, -0.25) is 4.79 Å². The van der Waals surface area contributed by atoms with Gasteiger partial charge in [0.2, 0.25) is 11.0 Å². The van der Waals surface area contributed by atoms with Crippen LogP contribution in [0.2, 0.25) is 0 Å². The maximum absolute atomic E-state index is 13.5. The summed E-state index contributed by atoms with van der Waals surface area (Å²) >= 11 is 2.61. The normalized spacial score (nSPS) is 10.5. The standard InChI is InChI=1S/C19H19FN4O2S2/c1-3-26-16-7-5-4-6-15(16)22-18-23-24-19(28-18)27-11-17(25)21-13-9-8-12(2)14(20)10-13/h4-10H,3,11H2,1-2H3,(H,21,25)(H,22,23). The Bertz CT molecular complexity index is 965. The highest BCUT2D eigenvalue weighted by atomic mass is 32.2. The molecule has 2 aromatic carbocycles. The number of aromatic nitrogens is 2. The maximum Gasteiger partial charge on any atom is 0.234 e. The fourth-order valence-electron chi connectivity index (χ4n) is 2.28. The summed E-state index contributed by atoms with van der Waals surface area (Å²) in [7, 11) is 0. The molecule has 0 spiro atoms. The number of aryl methyl sites for hydroxylation is 1. The highest BCUT2D eigenvalue weighted by molar-refractivity contribution is 8.01. The molecule has 1 amide bonds. The van der Waals surface area contributed by atoms with Crippen molar-refractivity contribution in [1.82, 2.24) is 10.2 Å². The van der Waals surface area contributed by atoms with E-state index in [1.54, 1.807) is 19.1 Å². The number of nitrogens with one attached hydrogen (secondary N) is 2. The zero-order valence-corrected chi connectivity index (χ0v) is 17.0. The van der Waals surface area contributed by atoms with Gasteiger partial charge >= 0.3 is 0 Å². The zero-order valence-electron chi connectivity index (χ0n) is 15.4. The van der Waals surface area contributed by atoms with Crippen LogP contribution in [0.5, 0.6) is 5.75 Å². The topological polar surface area (TPSA) is 76.1 Å². The fourth-order valence-corrected chi connectivity index (χ4v) is 3.84. The van der Waals surface area contributed by atoms with Crippen LogP contribution in [0, 0.1) is 12.7 Å². The molecule has 0 atom stereocenters. The van der Waals surface area contributed by atoms with E-state index < -0.39 is 0 Å². The summed E-state index contributed by atoms with van der Waals surface area (Å²) in [6, 6.07) is 12.2. The van der Waals surface area contributed by atoms with E-state index >= 15 is 0 Å². The molecule has 0 aliphatic rings. The van der Waals surface area contributed by atoms with Gasteiger partial charge in [-0.2, -0.15) is 0 Å². The molecule has 0 saturated carbocycles. The van der Waals surface area contributed by atoms with Crippen LogP contribution in [0.1, 0.15) is 12.5 Å². The molecule has 3 rings (SSSR count). The Balaban J connectivity index is 1.54. The lowest BCUT2D eigenvalue weighted by Gasteiger charge is -2.09. The second-order valence-electron chi connectivity index (χ2n) is 5.73. The summed E-state index contributed by atoms with van der Waals surface area (Å²) in [5.41, 5.74) is 1.77. The lowest BCUT2D eigenvalue weighted by molar-refractivity contribution is -0.113. The van der Waals surface area contributed by atoms with Crippen LogP contribution in [-0.2, 0) is 4.79 Å². The van der Waals surface area contributed by atoms with Gasteiger partial charge in [-0.25, -0.2) is 4.39 Å². The van der Waals surface area contributed by atoms with Crippen LogP contribution in [0.3, 0.4) is 0 Å². The van der Waals surface area contributed by atoms with Gasteiger partial charge in [-0.1, -0.05) is 41.3 Å². The molecule has 0 aliphatic carbocycles. The summed E-state index contributed by atoms with van der Waals surface area (Å²) in [6.07, 6.45) is 0. The van der Waals surface area contributed by atoms with E-state index in [2.05, 4.69) is 20.8 Å².